The topological polar surface area (TPSA) is 130 Å². The summed E-state index contributed by atoms with van der Waals surface area (Å²) in [6.07, 6.45) is -1.06. The summed E-state index contributed by atoms with van der Waals surface area (Å²) in [5, 5.41) is 15.7. The highest BCUT2D eigenvalue weighted by atomic mass is 19.1. The predicted octanol–water partition coefficient (Wildman–Crippen LogP) is 1.72. The first-order valence-electron chi connectivity index (χ1n) is 11.6. The molecule has 0 heterocycles. The Balaban J connectivity index is 1.75. The van der Waals surface area contributed by atoms with E-state index in [9.17, 15) is 23.5 Å². The summed E-state index contributed by atoms with van der Waals surface area (Å²) in [6, 6.07) is 9.38. The highest BCUT2D eigenvalue weighted by Gasteiger charge is 2.26. The zero-order valence-electron chi connectivity index (χ0n) is 20.5. The summed E-state index contributed by atoms with van der Waals surface area (Å²) < 4.78 is 27.1. The molecule has 2 amide bonds. The van der Waals surface area contributed by atoms with Crippen LogP contribution in [0.15, 0.2) is 42.5 Å². The zero-order chi connectivity index (χ0) is 26.2. The lowest BCUT2D eigenvalue weighted by Crippen LogP contribution is -2.50. The van der Waals surface area contributed by atoms with Crippen molar-refractivity contribution < 1.29 is 23.5 Å². The standard InChI is InChI=1S/C26H36F2N4O3/c1-16-4-6-17(7-5-16)10-22(30)24(34)25(35)32-15-26(2,3)14-31-23(33)13-20(29)12-18-11-19(27)8-9-21(18)28/h4-9,11,20,22,24,34H,10,12-15,29-30H2,1-3H3,(H,31,33)(H,32,35). The number of benzene rings is 2. The summed E-state index contributed by atoms with van der Waals surface area (Å²) in [4.78, 5) is 24.7. The molecule has 0 saturated carbocycles. The highest BCUT2D eigenvalue weighted by molar-refractivity contribution is 5.81. The third-order valence-electron chi connectivity index (χ3n) is 5.71. The first-order chi connectivity index (χ1) is 16.4. The van der Waals surface area contributed by atoms with E-state index < -0.39 is 41.1 Å². The van der Waals surface area contributed by atoms with Gasteiger partial charge in [0.25, 0.3) is 0 Å². The second-order valence-corrected chi connectivity index (χ2v) is 9.86. The Bertz CT molecular complexity index is 999. The summed E-state index contributed by atoms with van der Waals surface area (Å²) >= 11 is 0. The second-order valence-electron chi connectivity index (χ2n) is 9.86. The maximum Gasteiger partial charge on any atom is 0.250 e. The molecule has 0 bridgehead atoms. The van der Waals surface area contributed by atoms with E-state index in [0.717, 1.165) is 29.3 Å². The van der Waals surface area contributed by atoms with Crippen LogP contribution >= 0.6 is 0 Å². The van der Waals surface area contributed by atoms with Crippen LogP contribution in [-0.4, -0.2) is 48.2 Å². The number of nitrogens with two attached hydrogens (primary N) is 2. The molecule has 35 heavy (non-hydrogen) atoms. The Morgan fingerprint density at radius 2 is 1.63 bits per heavy atom. The molecule has 0 aromatic heterocycles. The number of nitrogens with one attached hydrogen (secondary N) is 2. The number of hydrogen-bond acceptors (Lipinski definition) is 5. The van der Waals surface area contributed by atoms with Gasteiger partial charge >= 0.3 is 0 Å². The molecule has 0 aliphatic carbocycles. The normalized spacial score (nSPS) is 14.2. The van der Waals surface area contributed by atoms with E-state index in [2.05, 4.69) is 10.6 Å². The zero-order valence-corrected chi connectivity index (χ0v) is 20.5. The van der Waals surface area contributed by atoms with Crippen molar-refractivity contribution in [2.75, 3.05) is 13.1 Å². The van der Waals surface area contributed by atoms with Gasteiger partial charge in [-0.05, 0) is 54.5 Å². The van der Waals surface area contributed by atoms with Gasteiger partial charge in [-0.1, -0.05) is 43.7 Å². The molecule has 2 aromatic carbocycles. The van der Waals surface area contributed by atoms with Crippen molar-refractivity contribution in [3.8, 4) is 0 Å². The number of aliphatic hydroxyl groups excluding tert-OH is 1. The quantitative estimate of drug-likeness (QED) is 0.309. The molecule has 0 radical (unpaired) electrons. The summed E-state index contributed by atoms with van der Waals surface area (Å²) in [7, 11) is 0. The Morgan fingerprint density at radius 1 is 1.00 bits per heavy atom. The molecule has 9 heteroatoms. The number of hydrogen-bond donors (Lipinski definition) is 5. The van der Waals surface area contributed by atoms with Gasteiger partial charge in [-0.3, -0.25) is 9.59 Å². The van der Waals surface area contributed by atoms with Gasteiger partial charge in [0, 0.05) is 31.6 Å². The fraction of sp³-hybridized carbons (Fsp3) is 0.462. The molecule has 0 aliphatic heterocycles. The van der Waals surface area contributed by atoms with E-state index in [4.69, 9.17) is 11.5 Å². The number of rotatable bonds is 12. The van der Waals surface area contributed by atoms with E-state index in [0.29, 0.717) is 6.42 Å². The summed E-state index contributed by atoms with van der Waals surface area (Å²) in [5.41, 5.74) is 13.6. The fourth-order valence-electron chi connectivity index (χ4n) is 3.50. The van der Waals surface area contributed by atoms with E-state index in [1.54, 1.807) is 0 Å². The SMILES string of the molecule is Cc1ccc(CC(N)C(O)C(=O)NCC(C)(C)CNC(=O)CC(N)Cc2cc(F)ccc2F)cc1. The number of halogens is 2. The molecule has 0 aliphatic rings. The molecule has 0 spiro atoms. The molecule has 7 nitrogen and oxygen atoms in total. The van der Waals surface area contributed by atoms with Crippen LogP contribution in [0.25, 0.3) is 0 Å². The van der Waals surface area contributed by atoms with E-state index in [-0.39, 0.29) is 37.4 Å². The minimum Gasteiger partial charge on any atom is -0.382 e. The average molecular weight is 491 g/mol. The van der Waals surface area contributed by atoms with Crippen molar-refractivity contribution in [1.82, 2.24) is 10.6 Å². The Morgan fingerprint density at radius 3 is 2.29 bits per heavy atom. The van der Waals surface area contributed by atoms with Gasteiger partial charge in [-0.25, -0.2) is 8.78 Å². The molecule has 2 rings (SSSR count). The van der Waals surface area contributed by atoms with E-state index in [1.165, 1.54) is 0 Å². The maximum absolute atomic E-state index is 13.8. The fourth-order valence-corrected chi connectivity index (χ4v) is 3.50. The molecule has 192 valence electrons. The molecular formula is C26H36F2N4O3. The number of carbonyl (C=O) groups excluding carboxylic acids is 2. The molecule has 3 atom stereocenters. The lowest BCUT2D eigenvalue weighted by molar-refractivity contribution is -0.130. The Labute approximate surface area is 205 Å². The van der Waals surface area contributed by atoms with Crippen LogP contribution in [-0.2, 0) is 22.4 Å². The largest absolute Gasteiger partial charge is 0.382 e. The van der Waals surface area contributed by atoms with Crippen LogP contribution in [0.2, 0.25) is 0 Å². The molecular weight excluding hydrogens is 454 g/mol. The van der Waals surface area contributed by atoms with Crippen molar-refractivity contribution in [3.63, 3.8) is 0 Å². The first-order valence-corrected chi connectivity index (χ1v) is 11.6. The van der Waals surface area contributed by atoms with Gasteiger partial charge in [0.1, 0.15) is 17.7 Å². The highest BCUT2D eigenvalue weighted by Crippen LogP contribution is 2.14. The van der Waals surface area contributed by atoms with Crippen LogP contribution in [0.1, 0.15) is 37.0 Å². The predicted molar refractivity (Wildman–Crippen MR) is 131 cm³/mol. The Kier molecular flexibility index (Phi) is 10.3. The molecule has 2 aromatic rings. The van der Waals surface area contributed by atoms with Gasteiger partial charge in [0.2, 0.25) is 11.8 Å². The van der Waals surface area contributed by atoms with Crippen molar-refractivity contribution in [1.29, 1.82) is 0 Å². The van der Waals surface area contributed by atoms with Crippen molar-refractivity contribution in [2.45, 2.75) is 58.2 Å². The van der Waals surface area contributed by atoms with Crippen LogP contribution < -0.4 is 22.1 Å². The first kappa shape index (κ1) is 28.4. The lowest BCUT2D eigenvalue weighted by atomic mass is 9.92. The summed E-state index contributed by atoms with van der Waals surface area (Å²) in [6.45, 7) is 6.08. The minimum atomic E-state index is -1.37. The van der Waals surface area contributed by atoms with Crippen molar-refractivity contribution in [2.24, 2.45) is 16.9 Å². The van der Waals surface area contributed by atoms with Crippen LogP contribution in [0.3, 0.4) is 0 Å². The van der Waals surface area contributed by atoms with Crippen molar-refractivity contribution >= 4 is 11.8 Å². The van der Waals surface area contributed by atoms with Gasteiger partial charge in [-0.15, -0.1) is 0 Å². The van der Waals surface area contributed by atoms with Crippen LogP contribution in [0.5, 0.6) is 0 Å². The Hall–Kier alpha value is -2.88. The van der Waals surface area contributed by atoms with Crippen LogP contribution in [0.4, 0.5) is 8.78 Å². The summed E-state index contributed by atoms with van der Waals surface area (Å²) in [5.74, 6) is -2.06. The van der Waals surface area contributed by atoms with Gasteiger partial charge < -0.3 is 27.2 Å². The molecule has 7 N–H and O–H groups in total. The van der Waals surface area contributed by atoms with Crippen LogP contribution in [0, 0.1) is 24.0 Å². The monoisotopic (exact) mass is 490 g/mol. The third-order valence-corrected chi connectivity index (χ3v) is 5.71. The number of aryl methyl sites for hydroxylation is 1. The molecule has 0 saturated heterocycles. The van der Waals surface area contributed by atoms with Crippen molar-refractivity contribution in [3.05, 3.63) is 70.8 Å². The smallest absolute Gasteiger partial charge is 0.250 e. The second kappa shape index (κ2) is 12.7. The molecule has 0 fully saturated rings. The van der Waals surface area contributed by atoms with Gasteiger partial charge in [0.15, 0.2) is 0 Å². The average Bonchev–Trinajstić information content (AvgIpc) is 2.79. The van der Waals surface area contributed by atoms with E-state index >= 15 is 0 Å². The van der Waals surface area contributed by atoms with Gasteiger partial charge in [0.05, 0.1) is 0 Å². The minimum absolute atomic E-state index is 0.0250. The number of carbonyl (C=O) groups is 2. The third kappa shape index (κ3) is 9.71. The number of amides is 2. The maximum atomic E-state index is 13.8. The number of aliphatic hydroxyl groups is 1. The molecule has 3 unspecified atom stereocenters. The lowest BCUT2D eigenvalue weighted by Gasteiger charge is -2.27. The van der Waals surface area contributed by atoms with E-state index in [1.807, 2.05) is 45.0 Å². The van der Waals surface area contributed by atoms with Gasteiger partial charge in [-0.2, -0.15) is 0 Å².